The zero-order chi connectivity index (χ0) is 15.0. The van der Waals surface area contributed by atoms with Gasteiger partial charge in [0.05, 0.1) is 23.9 Å². The second kappa shape index (κ2) is 5.46. The molecule has 2 aromatic rings. The van der Waals surface area contributed by atoms with Gasteiger partial charge < -0.3 is 9.84 Å². The minimum atomic E-state index is -0.943. The Bertz CT molecular complexity index is 657. The minimum absolute atomic E-state index is 0.192. The van der Waals surface area contributed by atoms with E-state index in [2.05, 4.69) is 23.8 Å². The highest BCUT2D eigenvalue weighted by Crippen LogP contribution is 2.20. The molecule has 1 aliphatic rings. The molecule has 2 atom stereocenters. The van der Waals surface area contributed by atoms with Gasteiger partial charge in [0.25, 0.3) is 0 Å². The van der Waals surface area contributed by atoms with E-state index in [9.17, 15) is 9.90 Å². The molecule has 0 saturated carbocycles. The molecule has 1 saturated heterocycles. The van der Waals surface area contributed by atoms with Gasteiger partial charge in [0.15, 0.2) is 0 Å². The van der Waals surface area contributed by atoms with Crippen LogP contribution in [0.15, 0.2) is 24.5 Å². The van der Waals surface area contributed by atoms with Crippen LogP contribution in [-0.2, 0) is 11.3 Å². The number of fused-ring (bicyclic) bond motifs is 1. The lowest BCUT2D eigenvalue weighted by atomic mass is 10.1. The van der Waals surface area contributed by atoms with Crippen molar-refractivity contribution in [1.29, 1.82) is 0 Å². The van der Waals surface area contributed by atoms with Crippen molar-refractivity contribution in [2.75, 3.05) is 13.1 Å². The fourth-order valence-corrected chi connectivity index (χ4v) is 3.05. The number of ether oxygens (including phenoxy) is 1. The molecule has 2 aromatic heterocycles. The topological polar surface area (TPSA) is 67.1 Å². The highest BCUT2D eigenvalue weighted by Gasteiger charge is 2.23. The first-order valence-corrected chi connectivity index (χ1v) is 7.11. The van der Waals surface area contributed by atoms with Gasteiger partial charge in [0.1, 0.15) is 5.56 Å². The standard InChI is InChI=1S/C15H19N3O3/c1-10-7-17(8-11(2)21-10)9-12-4-3-5-18-14(12)13(6-16-18)15(19)20/h3-6,10-11H,7-9H2,1-2H3,(H,19,20). The molecule has 2 unspecified atom stereocenters. The second-order valence-corrected chi connectivity index (χ2v) is 5.64. The Balaban J connectivity index is 1.93. The van der Waals surface area contributed by atoms with Crippen LogP contribution in [-0.4, -0.2) is 50.9 Å². The van der Waals surface area contributed by atoms with Crippen LogP contribution in [0.4, 0.5) is 0 Å². The number of carboxylic acids is 1. The summed E-state index contributed by atoms with van der Waals surface area (Å²) in [5, 5.41) is 13.4. The van der Waals surface area contributed by atoms with Gasteiger partial charge in [0, 0.05) is 25.8 Å². The summed E-state index contributed by atoms with van der Waals surface area (Å²) in [6, 6.07) is 3.86. The van der Waals surface area contributed by atoms with Crippen LogP contribution >= 0.6 is 0 Å². The number of rotatable bonds is 3. The van der Waals surface area contributed by atoms with E-state index in [0.29, 0.717) is 12.1 Å². The number of nitrogens with zero attached hydrogens (tertiary/aromatic N) is 3. The van der Waals surface area contributed by atoms with E-state index in [-0.39, 0.29) is 17.8 Å². The lowest BCUT2D eigenvalue weighted by Crippen LogP contribution is -2.44. The van der Waals surface area contributed by atoms with E-state index in [1.165, 1.54) is 6.20 Å². The maximum absolute atomic E-state index is 11.3. The summed E-state index contributed by atoms with van der Waals surface area (Å²) >= 11 is 0. The van der Waals surface area contributed by atoms with Gasteiger partial charge >= 0.3 is 5.97 Å². The van der Waals surface area contributed by atoms with Gasteiger partial charge in [-0.25, -0.2) is 9.31 Å². The average molecular weight is 289 g/mol. The third kappa shape index (κ3) is 2.77. The first kappa shape index (κ1) is 14.0. The predicted molar refractivity (Wildman–Crippen MR) is 77.4 cm³/mol. The number of hydrogen-bond acceptors (Lipinski definition) is 4. The zero-order valence-corrected chi connectivity index (χ0v) is 12.2. The van der Waals surface area contributed by atoms with Gasteiger partial charge in [-0.15, -0.1) is 0 Å². The van der Waals surface area contributed by atoms with E-state index in [0.717, 1.165) is 18.7 Å². The molecule has 0 radical (unpaired) electrons. The maximum Gasteiger partial charge on any atom is 0.339 e. The van der Waals surface area contributed by atoms with Crippen molar-refractivity contribution in [3.8, 4) is 0 Å². The van der Waals surface area contributed by atoms with Gasteiger partial charge in [-0.2, -0.15) is 5.10 Å². The van der Waals surface area contributed by atoms with Crippen molar-refractivity contribution in [3.05, 3.63) is 35.7 Å². The Labute approximate surface area is 122 Å². The number of carboxylic acid groups (broad SMARTS) is 1. The average Bonchev–Trinajstić information content (AvgIpc) is 2.82. The smallest absolute Gasteiger partial charge is 0.339 e. The van der Waals surface area contributed by atoms with Crippen molar-refractivity contribution >= 4 is 11.5 Å². The Morgan fingerprint density at radius 3 is 2.81 bits per heavy atom. The van der Waals surface area contributed by atoms with Crippen molar-refractivity contribution in [3.63, 3.8) is 0 Å². The van der Waals surface area contributed by atoms with Crippen LogP contribution in [0, 0.1) is 0 Å². The monoisotopic (exact) mass is 289 g/mol. The molecule has 112 valence electrons. The van der Waals surface area contributed by atoms with E-state index < -0.39 is 5.97 Å². The maximum atomic E-state index is 11.3. The molecule has 0 spiro atoms. The summed E-state index contributed by atoms with van der Waals surface area (Å²) in [5.74, 6) is -0.943. The van der Waals surface area contributed by atoms with Gasteiger partial charge in [-0.3, -0.25) is 4.90 Å². The fourth-order valence-electron chi connectivity index (χ4n) is 3.05. The molecule has 0 aromatic carbocycles. The molecular formula is C15H19N3O3. The lowest BCUT2D eigenvalue weighted by Gasteiger charge is -2.35. The summed E-state index contributed by atoms with van der Waals surface area (Å²) in [4.78, 5) is 13.6. The first-order valence-electron chi connectivity index (χ1n) is 7.11. The Hall–Kier alpha value is -1.92. The van der Waals surface area contributed by atoms with E-state index in [4.69, 9.17) is 4.74 Å². The number of carbonyl (C=O) groups is 1. The number of pyridine rings is 1. The van der Waals surface area contributed by atoms with Crippen LogP contribution in [0.25, 0.3) is 5.52 Å². The number of hydrogen-bond donors (Lipinski definition) is 1. The molecule has 1 fully saturated rings. The van der Waals surface area contributed by atoms with Crippen molar-refractivity contribution in [2.45, 2.75) is 32.6 Å². The van der Waals surface area contributed by atoms with Crippen molar-refractivity contribution in [1.82, 2.24) is 14.5 Å². The number of morpholine rings is 1. The molecule has 1 aliphatic heterocycles. The molecule has 1 N–H and O–H groups in total. The summed E-state index contributed by atoms with van der Waals surface area (Å²) in [6.45, 7) is 6.52. The van der Waals surface area contributed by atoms with Gasteiger partial charge in [0.2, 0.25) is 0 Å². The van der Waals surface area contributed by atoms with Crippen LogP contribution in [0.3, 0.4) is 0 Å². The van der Waals surface area contributed by atoms with Crippen LogP contribution < -0.4 is 0 Å². The van der Waals surface area contributed by atoms with Crippen molar-refractivity contribution in [2.24, 2.45) is 0 Å². The van der Waals surface area contributed by atoms with Crippen LogP contribution in [0.5, 0.6) is 0 Å². The third-order valence-corrected chi connectivity index (χ3v) is 3.74. The fraction of sp³-hybridized carbons (Fsp3) is 0.467. The summed E-state index contributed by atoms with van der Waals surface area (Å²) in [6.07, 6.45) is 3.57. The normalized spacial score (nSPS) is 23.5. The molecule has 0 amide bonds. The lowest BCUT2D eigenvalue weighted by molar-refractivity contribution is -0.0704. The SMILES string of the molecule is CC1CN(Cc2cccn3ncc(C(=O)O)c23)CC(C)O1. The molecule has 3 heterocycles. The van der Waals surface area contributed by atoms with Crippen molar-refractivity contribution < 1.29 is 14.6 Å². The Morgan fingerprint density at radius 2 is 2.14 bits per heavy atom. The van der Waals surface area contributed by atoms with Crippen LogP contribution in [0.2, 0.25) is 0 Å². The first-order chi connectivity index (χ1) is 10.0. The Morgan fingerprint density at radius 1 is 1.43 bits per heavy atom. The van der Waals surface area contributed by atoms with Gasteiger partial charge in [-0.1, -0.05) is 6.07 Å². The zero-order valence-electron chi connectivity index (χ0n) is 12.2. The summed E-state index contributed by atoms with van der Waals surface area (Å²) < 4.78 is 7.37. The summed E-state index contributed by atoms with van der Waals surface area (Å²) in [5.41, 5.74) is 1.91. The molecular weight excluding hydrogens is 270 g/mol. The summed E-state index contributed by atoms with van der Waals surface area (Å²) in [7, 11) is 0. The van der Waals surface area contributed by atoms with E-state index in [1.807, 2.05) is 12.1 Å². The minimum Gasteiger partial charge on any atom is -0.478 e. The Kier molecular flexibility index (Phi) is 3.65. The van der Waals surface area contributed by atoms with E-state index in [1.54, 1.807) is 10.7 Å². The van der Waals surface area contributed by atoms with E-state index >= 15 is 0 Å². The highest BCUT2D eigenvalue weighted by atomic mass is 16.5. The number of aromatic carboxylic acids is 1. The largest absolute Gasteiger partial charge is 0.478 e. The molecule has 6 heteroatoms. The molecule has 0 bridgehead atoms. The number of aromatic nitrogens is 2. The second-order valence-electron chi connectivity index (χ2n) is 5.64. The highest BCUT2D eigenvalue weighted by molar-refractivity contribution is 5.96. The predicted octanol–water partition coefficient (Wildman–Crippen LogP) is 1.64. The van der Waals surface area contributed by atoms with Gasteiger partial charge in [-0.05, 0) is 25.5 Å². The quantitative estimate of drug-likeness (QED) is 0.930. The molecule has 0 aliphatic carbocycles. The third-order valence-electron chi connectivity index (χ3n) is 3.74. The van der Waals surface area contributed by atoms with Crippen LogP contribution in [0.1, 0.15) is 29.8 Å². The molecule has 21 heavy (non-hydrogen) atoms. The molecule has 6 nitrogen and oxygen atoms in total. The molecule has 3 rings (SSSR count).